The van der Waals surface area contributed by atoms with Crippen LogP contribution in [0.4, 0.5) is 0 Å². The van der Waals surface area contributed by atoms with E-state index in [1.54, 1.807) is 0 Å². The van der Waals surface area contributed by atoms with E-state index in [0.29, 0.717) is 0 Å². The molecule has 0 bridgehead atoms. The maximum absolute atomic E-state index is 11.9. The van der Waals surface area contributed by atoms with Crippen LogP contribution in [0.25, 0.3) is 0 Å². The Labute approximate surface area is 152 Å². The van der Waals surface area contributed by atoms with Crippen molar-refractivity contribution in [3.05, 3.63) is 34.3 Å². The van der Waals surface area contributed by atoms with Crippen LogP contribution in [0.3, 0.4) is 0 Å². The van der Waals surface area contributed by atoms with Gasteiger partial charge in [0.05, 0.1) is 11.8 Å². The number of hydrogen-bond acceptors (Lipinski definition) is 4. The molecule has 5 nitrogen and oxygen atoms in total. The zero-order chi connectivity index (χ0) is 16.8. The Morgan fingerprint density at radius 3 is 2.35 bits per heavy atom. The fourth-order valence-electron chi connectivity index (χ4n) is 1.93. The number of benzene rings is 1. The number of hydrogen-bond donors (Lipinski definition) is 2. The molecule has 0 heterocycles. The molecule has 0 aliphatic heterocycles. The summed E-state index contributed by atoms with van der Waals surface area (Å²) in [5.41, 5.74) is 6.91. The van der Waals surface area contributed by atoms with Crippen molar-refractivity contribution in [2.45, 2.75) is 38.3 Å². The molecular weight excluding hydrogens is 404 g/mol. The van der Waals surface area contributed by atoms with E-state index in [1.165, 1.54) is 5.56 Å². The molecule has 23 heavy (non-hydrogen) atoms. The first-order chi connectivity index (χ1) is 10.2. The Bertz CT molecular complexity index is 593. The molecule has 132 valence electrons. The molecule has 0 aromatic heterocycles. The van der Waals surface area contributed by atoms with Gasteiger partial charge in [0.2, 0.25) is 5.91 Å². The zero-order valence-corrected chi connectivity index (χ0v) is 16.5. The predicted octanol–water partition coefficient (Wildman–Crippen LogP) is 2.07. The molecule has 0 aliphatic carbocycles. The molecule has 1 amide bonds. The number of rotatable bonds is 8. The molecule has 3 N–H and O–H groups in total. The molecule has 1 aromatic carbocycles. The van der Waals surface area contributed by atoms with Gasteiger partial charge < -0.3 is 11.1 Å². The van der Waals surface area contributed by atoms with Crippen molar-refractivity contribution in [1.29, 1.82) is 0 Å². The lowest BCUT2D eigenvalue weighted by atomic mass is 10.1. The van der Waals surface area contributed by atoms with E-state index in [0.717, 1.165) is 23.6 Å². The third kappa shape index (κ3) is 9.96. The second kappa shape index (κ2) is 10.3. The second-order valence-corrected chi connectivity index (χ2v) is 8.78. The number of sulfone groups is 1. The molecular formula is C15H24BrClN2O3S. The predicted molar refractivity (Wildman–Crippen MR) is 99.6 cm³/mol. The Kier molecular flexibility index (Phi) is 10.00. The van der Waals surface area contributed by atoms with Gasteiger partial charge in [-0.3, -0.25) is 4.79 Å². The van der Waals surface area contributed by atoms with Crippen molar-refractivity contribution in [2.75, 3.05) is 12.0 Å². The summed E-state index contributed by atoms with van der Waals surface area (Å²) in [6.07, 6.45) is 2.93. The standard InChI is InChI=1S/C15H23BrN2O3S.ClH/c1-11(3-4-12-5-7-13(16)8-6-12)18-15(19)14(17)9-10-22(2,20)21;/h5-8,11,14H,3-4,9-10,17H2,1-2H3,(H,18,19);1H. The molecule has 0 saturated heterocycles. The maximum Gasteiger partial charge on any atom is 0.237 e. The van der Waals surface area contributed by atoms with Gasteiger partial charge in [-0.1, -0.05) is 28.1 Å². The van der Waals surface area contributed by atoms with Crippen LogP contribution in [-0.4, -0.2) is 38.4 Å². The first kappa shape index (κ1) is 22.4. The molecule has 2 atom stereocenters. The zero-order valence-electron chi connectivity index (χ0n) is 13.3. The second-order valence-electron chi connectivity index (χ2n) is 5.60. The van der Waals surface area contributed by atoms with E-state index < -0.39 is 15.9 Å². The van der Waals surface area contributed by atoms with Gasteiger partial charge in [-0.15, -0.1) is 12.4 Å². The van der Waals surface area contributed by atoms with Gasteiger partial charge in [0.25, 0.3) is 0 Å². The van der Waals surface area contributed by atoms with Crippen molar-refractivity contribution >= 4 is 44.1 Å². The van der Waals surface area contributed by atoms with Gasteiger partial charge in [0.15, 0.2) is 0 Å². The van der Waals surface area contributed by atoms with Gasteiger partial charge in [0, 0.05) is 16.8 Å². The normalized spacial score (nSPS) is 13.7. The number of aryl methyl sites for hydroxylation is 1. The fraction of sp³-hybridized carbons (Fsp3) is 0.533. The molecule has 1 rings (SSSR count). The van der Waals surface area contributed by atoms with Crippen LogP contribution in [0.15, 0.2) is 28.7 Å². The van der Waals surface area contributed by atoms with Crippen LogP contribution in [-0.2, 0) is 21.1 Å². The molecule has 2 unspecified atom stereocenters. The summed E-state index contributed by atoms with van der Waals surface area (Å²) in [7, 11) is -3.09. The Hall–Kier alpha value is -0.630. The summed E-state index contributed by atoms with van der Waals surface area (Å²) >= 11 is 3.39. The SMILES string of the molecule is CC(CCc1ccc(Br)cc1)NC(=O)C(N)CCS(C)(=O)=O.Cl. The highest BCUT2D eigenvalue weighted by Crippen LogP contribution is 2.12. The fourth-order valence-corrected chi connectivity index (χ4v) is 2.87. The Morgan fingerprint density at radius 2 is 1.83 bits per heavy atom. The summed E-state index contributed by atoms with van der Waals surface area (Å²) in [4.78, 5) is 11.9. The molecule has 0 radical (unpaired) electrons. The third-order valence-corrected chi connectivity index (χ3v) is 4.81. The highest BCUT2D eigenvalue weighted by molar-refractivity contribution is 9.10. The quantitative estimate of drug-likeness (QED) is 0.664. The van der Waals surface area contributed by atoms with Gasteiger partial charge in [0.1, 0.15) is 9.84 Å². The minimum Gasteiger partial charge on any atom is -0.352 e. The Balaban J connectivity index is 0.00000484. The summed E-state index contributed by atoms with van der Waals surface area (Å²) in [6, 6.07) is 7.25. The average molecular weight is 428 g/mol. The van der Waals surface area contributed by atoms with Crippen LogP contribution in [0.2, 0.25) is 0 Å². The number of nitrogens with one attached hydrogen (secondary N) is 1. The smallest absolute Gasteiger partial charge is 0.237 e. The Morgan fingerprint density at radius 1 is 1.26 bits per heavy atom. The molecule has 0 fully saturated rings. The van der Waals surface area contributed by atoms with E-state index >= 15 is 0 Å². The number of halogens is 2. The molecule has 0 aliphatic rings. The molecule has 1 aromatic rings. The molecule has 0 spiro atoms. The lowest BCUT2D eigenvalue weighted by Crippen LogP contribution is -2.45. The van der Waals surface area contributed by atoms with Crippen LogP contribution >= 0.6 is 28.3 Å². The van der Waals surface area contributed by atoms with E-state index in [1.807, 2.05) is 31.2 Å². The van der Waals surface area contributed by atoms with E-state index in [4.69, 9.17) is 5.73 Å². The van der Waals surface area contributed by atoms with Crippen LogP contribution in [0, 0.1) is 0 Å². The first-order valence-corrected chi connectivity index (χ1v) is 10.0. The lowest BCUT2D eigenvalue weighted by molar-refractivity contribution is -0.123. The summed E-state index contributed by atoms with van der Waals surface area (Å²) in [5, 5.41) is 2.83. The monoisotopic (exact) mass is 426 g/mol. The van der Waals surface area contributed by atoms with E-state index in [9.17, 15) is 13.2 Å². The average Bonchev–Trinajstić information content (AvgIpc) is 2.43. The van der Waals surface area contributed by atoms with Crippen LogP contribution in [0.5, 0.6) is 0 Å². The van der Waals surface area contributed by atoms with Gasteiger partial charge in [-0.05, 0) is 43.9 Å². The lowest BCUT2D eigenvalue weighted by Gasteiger charge is -2.17. The van der Waals surface area contributed by atoms with Gasteiger partial charge in [-0.2, -0.15) is 0 Å². The first-order valence-electron chi connectivity index (χ1n) is 7.15. The minimum absolute atomic E-state index is 0. The topological polar surface area (TPSA) is 89.3 Å². The molecule has 0 saturated carbocycles. The van der Waals surface area contributed by atoms with Crippen molar-refractivity contribution in [3.8, 4) is 0 Å². The minimum atomic E-state index is -3.09. The van der Waals surface area contributed by atoms with E-state index in [2.05, 4.69) is 21.2 Å². The van der Waals surface area contributed by atoms with Crippen molar-refractivity contribution in [2.24, 2.45) is 5.73 Å². The number of carbonyl (C=O) groups excluding carboxylic acids is 1. The van der Waals surface area contributed by atoms with Crippen LogP contribution in [0.1, 0.15) is 25.3 Å². The summed E-state index contributed by atoms with van der Waals surface area (Å²) < 4.78 is 23.2. The highest BCUT2D eigenvalue weighted by Gasteiger charge is 2.17. The van der Waals surface area contributed by atoms with Gasteiger partial charge in [-0.25, -0.2) is 8.42 Å². The largest absolute Gasteiger partial charge is 0.352 e. The molecule has 8 heteroatoms. The number of amides is 1. The summed E-state index contributed by atoms with van der Waals surface area (Å²) in [5.74, 6) is -0.374. The van der Waals surface area contributed by atoms with Crippen LogP contribution < -0.4 is 11.1 Å². The summed E-state index contributed by atoms with van der Waals surface area (Å²) in [6.45, 7) is 1.92. The third-order valence-electron chi connectivity index (χ3n) is 3.30. The van der Waals surface area contributed by atoms with Crippen molar-refractivity contribution in [1.82, 2.24) is 5.32 Å². The number of nitrogens with two attached hydrogens (primary N) is 1. The number of carbonyl (C=O) groups is 1. The highest BCUT2D eigenvalue weighted by atomic mass is 79.9. The van der Waals surface area contributed by atoms with E-state index in [-0.39, 0.29) is 36.5 Å². The van der Waals surface area contributed by atoms with Gasteiger partial charge >= 0.3 is 0 Å². The van der Waals surface area contributed by atoms with Crippen molar-refractivity contribution in [3.63, 3.8) is 0 Å². The maximum atomic E-state index is 11.9. The van der Waals surface area contributed by atoms with Crippen molar-refractivity contribution < 1.29 is 13.2 Å².